The van der Waals surface area contributed by atoms with Crippen LogP contribution >= 0.6 is 11.8 Å². The molecule has 0 aromatic heterocycles. The Labute approximate surface area is 164 Å². The number of carbonyl (C=O) groups is 1. The molecule has 0 unspecified atom stereocenters. The number of nitrogens with zero attached hydrogens (tertiary/aromatic N) is 1. The molecule has 2 aromatic rings. The Morgan fingerprint density at radius 2 is 1.85 bits per heavy atom. The zero-order chi connectivity index (χ0) is 20.2. The predicted octanol–water partition coefficient (Wildman–Crippen LogP) is 6.14. The predicted molar refractivity (Wildman–Crippen MR) is 112 cm³/mol. The first kappa shape index (κ1) is 21.1. The second kappa shape index (κ2) is 8.65. The van der Waals surface area contributed by atoms with Gasteiger partial charge in [0.2, 0.25) is 0 Å². The summed E-state index contributed by atoms with van der Waals surface area (Å²) in [6.07, 6.45) is -1.04. The summed E-state index contributed by atoms with van der Waals surface area (Å²) in [4.78, 5) is 14.2. The molecule has 0 spiro atoms. The van der Waals surface area contributed by atoms with Gasteiger partial charge in [-0.15, -0.1) is 11.8 Å². The van der Waals surface area contributed by atoms with Crippen molar-refractivity contribution in [2.75, 3.05) is 16.0 Å². The van der Waals surface area contributed by atoms with E-state index < -0.39 is 6.09 Å². The summed E-state index contributed by atoms with van der Waals surface area (Å²) in [5.74, 6) is 0.544. The smallest absolute Gasteiger partial charge is 0.412 e. The molecular formula is C21H27FN2O2S. The summed E-state index contributed by atoms with van der Waals surface area (Å²) in [6.45, 7) is 10.5. The van der Waals surface area contributed by atoms with Gasteiger partial charge in [-0.1, -0.05) is 19.1 Å². The highest BCUT2D eigenvalue weighted by Crippen LogP contribution is 2.36. The summed E-state index contributed by atoms with van der Waals surface area (Å²) < 4.78 is 13.1. The molecule has 0 aliphatic carbocycles. The number of anilines is 2. The first-order valence-electron chi connectivity index (χ1n) is 8.91. The van der Waals surface area contributed by atoms with Crippen LogP contribution in [-0.2, 0) is 6.54 Å². The fourth-order valence-electron chi connectivity index (χ4n) is 2.74. The van der Waals surface area contributed by atoms with Gasteiger partial charge in [0, 0.05) is 16.1 Å². The van der Waals surface area contributed by atoms with Crippen molar-refractivity contribution in [1.29, 1.82) is 0 Å². The Morgan fingerprint density at radius 3 is 2.37 bits per heavy atom. The average Bonchev–Trinajstić information content (AvgIpc) is 2.56. The number of hydrogen-bond donors (Lipinski definition) is 2. The van der Waals surface area contributed by atoms with Gasteiger partial charge in [0.05, 0.1) is 12.2 Å². The van der Waals surface area contributed by atoms with Crippen LogP contribution in [0.25, 0.3) is 0 Å². The zero-order valence-corrected chi connectivity index (χ0v) is 17.3. The van der Waals surface area contributed by atoms with E-state index in [1.807, 2.05) is 19.1 Å². The number of hydrogen-bond acceptors (Lipinski definition) is 3. The maximum Gasteiger partial charge on any atom is 0.412 e. The first-order chi connectivity index (χ1) is 12.6. The van der Waals surface area contributed by atoms with E-state index >= 15 is 0 Å². The maximum atomic E-state index is 13.1. The Balaban J connectivity index is 2.43. The lowest BCUT2D eigenvalue weighted by atomic mass is 10.1. The van der Waals surface area contributed by atoms with Crippen molar-refractivity contribution in [3.8, 4) is 0 Å². The van der Waals surface area contributed by atoms with E-state index in [-0.39, 0.29) is 17.9 Å². The SMILES string of the molecule is CCSc1cc(N(Cc2ccc(F)cc2)C(=O)O)cc(C)c1NC(C)(C)C. The fraction of sp³-hybridized carbons (Fsp3) is 0.381. The third kappa shape index (κ3) is 5.89. The monoisotopic (exact) mass is 390 g/mol. The Kier molecular flexibility index (Phi) is 6.76. The lowest BCUT2D eigenvalue weighted by Crippen LogP contribution is -2.29. The molecule has 2 rings (SSSR count). The summed E-state index contributed by atoms with van der Waals surface area (Å²) >= 11 is 1.68. The number of halogens is 1. The topological polar surface area (TPSA) is 52.6 Å². The van der Waals surface area contributed by atoms with E-state index in [1.54, 1.807) is 23.9 Å². The van der Waals surface area contributed by atoms with Gasteiger partial charge in [0.1, 0.15) is 5.82 Å². The number of rotatable bonds is 6. The van der Waals surface area contributed by atoms with Crippen LogP contribution in [-0.4, -0.2) is 22.5 Å². The van der Waals surface area contributed by atoms with E-state index in [1.165, 1.54) is 17.0 Å². The number of thioether (sulfide) groups is 1. The van der Waals surface area contributed by atoms with E-state index in [9.17, 15) is 14.3 Å². The standard InChI is InChI=1S/C21H27FN2O2S/c1-6-27-18-12-17(11-14(2)19(18)23-21(3,4)5)24(20(25)26)13-15-7-9-16(22)10-8-15/h7-12,23H,6,13H2,1-5H3,(H,25,26). The molecule has 0 aliphatic heterocycles. The largest absolute Gasteiger partial charge is 0.465 e. The van der Waals surface area contributed by atoms with Gasteiger partial charge in [-0.05, 0) is 68.8 Å². The van der Waals surface area contributed by atoms with Gasteiger partial charge in [-0.2, -0.15) is 0 Å². The second-order valence-electron chi connectivity index (χ2n) is 7.44. The quantitative estimate of drug-likeness (QED) is 0.582. The molecule has 0 aliphatic rings. The summed E-state index contributed by atoms with van der Waals surface area (Å²) in [5, 5.41) is 13.3. The van der Waals surface area contributed by atoms with Crippen LogP contribution in [0, 0.1) is 12.7 Å². The minimum Gasteiger partial charge on any atom is -0.465 e. The van der Waals surface area contributed by atoms with Crippen molar-refractivity contribution in [1.82, 2.24) is 0 Å². The zero-order valence-electron chi connectivity index (χ0n) is 16.5. The van der Waals surface area contributed by atoms with Crippen molar-refractivity contribution in [3.05, 3.63) is 53.3 Å². The molecular weight excluding hydrogens is 363 g/mol. The van der Waals surface area contributed by atoms with Gasteiger partial charge in [-0.3, -0.25) is 4.90 Å². The second-order valence-corrected chi connectivity index (χ2v) is 8.74. The van der Waals surface area contributed by atoms with Crippen molar-refractivity contribution in [2.45, 2.75) is 51.6 Å². The van der Waals surface area contributed by atoms with E-state index in [4.69, 9.17) is 0 Å². The van der Waals surface area contributed by atoms with Crippen LogP contribution in [0.5, 0.6) is 0 Å². The highest BCUT2D eigenvalue weighted by Gasteiger charge is 2.20. The van der Waals surface area contributed by atoms with Gasteiger partial charge >= 0.3 is 6.09 Å². The van der Waals surface area contributed by atoms with Crippen LogP contribution in [0.1, 0.15) is 38.8 Å². The van der Waals surface area contributed by atoms with Crippen LogP contribution in [0.15, 0.2) is 41.3 Å². The third-order valence-corrected chi connectivity index (χ3v) is 4.80. The molecule has 2 N–H and O–H groups in total. The number of aryl methyl sites for hydroxylation is 1. The molecule has 27 heavy (non-hydrogen) atoms. The first-order valence-corrected chi connectivity index (χ1v) is 9.90. The molecule has 0 bridgehead atoms. The molecule has 0 fully saturated rings. The van der Waals surface area contributed by atoms with Crippen LogP contribution in [0.3, 0.4) is 0 Å². The summed E-state index contributed by atoms with van der Waals surface area (Å²) in [7, 11) is 0. The number of nitrogens with one attached hydrogen (secondary N) is 1. The lowest BCUT2D eigenvalue weighted by Gasteiger charge is -2.27. The number of benzene rings is 2. The van der Waals surface area contributed by atoms with Crippen molar-refractivity contribution in [2.24, 2.45) is 0 Å². The Hall–Kier alpha value is -2.21. The third-order valence-electron chi connectivity index (χ3n) is 3.88. The van der Waals surface area contributed by atoms with Crippen molar-refractivity contribution < 1.29 is 14.3 Å². The molecule has 6 heteroatoms. The molecule has 0 saturated heterocycles. The Bertz CT molecular complexity index is 801. The molecule has 0 radical (unpaired) electrons. The Morgan fingerprint density at radius 1 is 1.22 bits per heavy atom. The van der Waals surface area contributed by atoms with Crippen molar-refractivity contribution >= 4 is 29.2 Å². The van der Waals surface area contributed by atoms with E-state index in [2.05, 4.69) is 33.0 Å². The maximum absolute atomic E-state index is 13.1. The normalized spacial score (nSPS) is 11.3. The molecule has 0 atom stereocenters. The van der Waals surface area contributed by atoms with Gasteiger partial charge in [0.25, 0.3) is 0 Å². The molecule has 2 aromatic carbocycles. The molecule has 1 amide bonds. The van der Waals surface area contributed by atoms with Crippen molar-refractivity contribution in [3.63, 3.8) is 0 Å². The fourth-order valence-corrected chi connectivity index (χ4v) is 3.61. The molecule has 0 heterocycles. The minimum atomic E-state index is -1.04. The summed E-state index contributed by atoms with van der Waals surface area (Å²) in [6, 6.07) is 9.69. The molecule has 146 valence electrons. The van der Waals surface area contributed by atoms with Gasteiger partial charge in [-0.25, -0.2) is 9.18 Å². The van der Waals surface area contributed by atoms with E-state index in [0.717, 1.165) is 27.5 Å². The highest BCUT2D eigenvalue weighted by atomic mass is 32.2. The minimum absolute atomic E-state index is 0.101. The lowest BCUT2D eigenvalue weighted by molar-refractivity contribution is 0.201. The van der Waals surface area contributed by atoms with Crippen LogP contribution in [0.2, 0.25) is 0 Å². The average molecular weight is 391 g/mol. The number of amides is 1. The van der Waals surface area contributed by atoms with Crippen LogP contribution in [0.4, 0.5) is 20.6 Å². The van der Waals surface area contributed by atoms with Gasteiger partial charge in [0.15, 0.2) is 0 Å². The van der Waals surface area contributed by atoms with Crippen LogP contribution < -0.4 is 10.2 Å². The molecule has 0 saturated carbocycles. The van der Waals surface area contributed by atoms with E-state index in [0.29, 0.717) is 5.69 Å². The highest BCUT2D eigenvalue weighted by molar-refractivity contribution is 7.99. The number of carboxylic acid groups (broad SMARTS) is 1. The summed E-state index contributed by atoms with van der Waals surface area (Å²) in [5.41, 5.74) is 3.27. The molecule has 4 nitrogen and oxygen atoms in total. The van der Waals surface area contributed by atoms with Gasteiger partial charge < -0.3 is 10.4 Å².